The molecule has 1 aliphatic heterocycles. The van der Waals surface area contributed by atoms with Gasteiger partial charge in [-0.15, -0.1) is 12.4 Å². The van der Waals surface area contributed by atoms with Gasteiger partial charge in [-0.25, -0.2) is 4.79 Å². The zero-order chi connectivity index (χ0) is 19.9. The Morgan fingerprint density at radius 1 is 1.18 bits per heavy atom. The van der Waals surface area contributed by atoms with E-state index in [1.165, 1.54) is 0 Å². The van der Waals surface area contributed by atoms with E-state index in [9.17, 15) is 9.59 Å². The fourth-order valence-corrected chi connectivity index (χ4v) is 3.41. The van der Waals surface area contributed by atoms with Crippen LogP contribution in [0.1, 0.15) is 45.1 Å². The van der Waals surface area contributed by atoms with E-state index < -0.39 is 0 Å². The smallest absolute Gasteiger partial charge is 0.320 e. The first-order chi connectivity index (χ1) is 12.9. The SMILES string of the molecule is CCC(N)(CC)CNC(=O)C1CCN(C(=O)N(C)Cc2ccccc2)CC1.Cl. The largest absolute Gasteiger partial charge is 0.354 e. The predicted molar refractivity (Wildman–Crippen MR) is 115 cm³/mol. The molecular weight excluding hydrogens is 376 g/mol. The molecule has 2 rings (SSSR count). The van der Waals surface area contributed by atoms with Crippen LogP contribution in [-0.4, -0.2) is 54.0 Å². The number of likely N-dealkylation sites (tertiary alicyclic amines) is 1. The summed E-state index contributed by atoms with van der Waals surface area (Å²) in [4.78, 5) is 28.7. The Kier molecular flexibility index (Phi) is 9.76. The molecule has 0 spiro atoms. The van der Waals surface area contributed by atoms with E-state index in [0.29, 0.717) is 39.0 Å². The Balaban J connectivity index is 0.00000392. The van der Waals surface area contributed by atoms with Gasteiger partial charge in [-0.1, -0.05) is 44.2 Å². The maximum absolute atomic E-state index is 12.6. The third-order valence-corrected chi connectivity index (χ3v) is 5.75. The first-order valence-corrected chi connectivity index (χ1v) is 9.99. The first kappa shape index (κ1) is 24.2. The van der Waals surface area contributed by atoms with Gasteiger partial charge in [0.15, 0.2) is 0 Å². The number of hydrogen-bond acceptors (Lipinski definition) is 3. The van der Waals surface area contributed by atoms with Crippen molar-refractivity contribution in [2.45, 2.75) is 51.6 Å². The minimum atomic E-state index is -0.327. The molecule has 1 aromatic rings. The molecule has 1 aliphatic rings. The third kappa shape index (κ3) is 6.67. The Morgan fingerprint density at radius 3 is 2.29 bits per heavy atom. The lowest BCUT2D eigenvalue weighted by Crippen LogP contribution is -2.52. The number of amides is 3. The molecule has 0 atom stereocenters. The van der Waals surface area contributed by atoms with Crippen molar-refractivity contribution in [3.63, 3.8) is 0 Å². The van der Waals surface area contributed by atoms with Crippen molar-refractivity contribution in [1.82, 2.24) is 15.1 Å². The molecule has 1 aromatic carbocycles. The Labute approximate surface area is 175 Å². The van der Waals surface area contributed by atoms with Crippen molar-refractivity contribution in [1.29, 1.82) is 0 Å². The van der Waals surface area contributed by atoms with Gasteiger partial charge in [-0.2, -0.15) is 0 Å². The summed E-state index contributed by atoms with van der Waals surface area (Å²) in [5.74, 6) is 0.0305. The highest BCUT2D eigenvalue weighted by Crippen LogP contribution is 2.19. The van der Waals surface area contributed by atoms with Gasteiger partial charge in [-0.05, 0) is 31.2 Å². The molecule has 28 heavy (non-hydrogen) atoms. The topological polar surface area (TPSA) is 78.7 Å². The van der Waals surface area contributed by atoms with E-state index in [2.05, 4.69) is 5.32 Å². The lowest BCUT2D eigenvalue weighted by Gasteiger charge is -2.35. The van der Waals surface area contributed by atoms with Gasteiger partial charge in [0.25, 0.3) is 0 Å². The molecule has 1 heterocycles. The molecule has 7 heteroatoms. The van der Waals surface area contributed by atoms with Gasteiger partial charge in [0.2, 0.25) is 5.91 Å². The average Bonchev–Trinajstić information content (AvgIpc) is 2.72. The summed E-state index contributed by atoms with van der Waals surface area (Å²) in [6, 6.07) is 9.98. The van der Waals surface area contributed by atoms with Crippen molar-refractivity contribution in [3.05, 3.63) is 35.9 Å². The second kappa shape index (κ2) is 11.3. The van der Waals surface area contributed by atoms with E-state index in [0.717, 1.165) is 18.4 Å². The molecule has 0 aromatic heterocycles. The quantitative estimate of drug-likeness (QED) is 0.725. The summed E-state index contributed by atoms with van der Waals surface area (Å²) in [6.45, 7) is 6.43. The first-order valence-electron chi connectivity index (χ1n) is 9.99. The lowest BCUT2D eigenvalue weighted by atomic mass is 9.92. The molecule has 0 unspecified atom stereocenters. The summed E-state index contributed by atoms with van der Waals surface area (Å²) in [5.41, 5.74) is 7.04. The van der Waals surface area contributed by atoms with Crippen LogP contribution in [0, 0.1) is 5.92 Å². The summed E-state index contributed by atoms with van der Waals surface area (Å²) in [6.07, 6.45) is 3.08. The molecule has 158 valence electrons. The highest BCUT2D eigenvalue weighted by molar-refractivity contribution is 5.85. The van der Waals surface area contributed by atoms with Crippen LogP contribution in [0.4, 0.5) is 4.79 Å². The number of nitrogens with one attached hydrogen (secondary N) is 1. The van der Waals surface area contributed by atoms with Gasteiger partial charge < -0.3 is 20.9 Å². The number of halogens is 1. The Morgan fingerprint density at radius 2 is 1.75 bits per heavy atom. The van der Waals surface area contributed by atoms with E-state index >= 15 is 0 Å². The molecule has 3 amide bonds. The second-order valence-electron chi connectivity index (χ2n) is 7.67. The number of nitrogens with two attached hydrogens (primary N) is 1. The highest BCUT2D eigenvalue weighted by Gasteiger charge is 2.30. The van der Waals surface area contributed by atoms with Gasteiger partial charge in [-0.3, -0.25) is 4.79 Å². The van der Waals surface area contributed by atoms with Gasteiger partial charge in [0.1, 0.15) is 0 Å². The maximum Gasteiger partial charge on any atom is 0.320 e. The second-order valence-corrected chi connectivity index (χ2v) is 7.67. The van der Waals surface area contributed by atoms with Crippen molar-refractivity contribution in [2.24, 2.45) is 11.7 Å². The predicted octanol–water partition coefficient (Wildman–Crippen LogP) is 3.01. The number of piperidine rings is 1. The Bertz CT molecular complexity index is 614. The summed E-state index contributed by atoms with van der Waals surface area (Å²) < 4.78 is 0. The minimum Gasteiger partial charge on any atom is -0.354 e. The molecule has 6 nitrogen and oxygen atoms in total. The molecule has 0 bridgehead atoms. The van der Waals surface area contributed by atoms with E-state index in [1.807, 2.05) is 56.1 Å². The van der Waals surface area contributed by atoms with E-state index in [4.69, 9.17) is 5.73 Å². The van der Waals surface area contributed by atoms with Crippen LogP contribution in [0.2, 0.25) is 0 Å². The Hall–Kier alpha value is -1.79. The number of benzene rings is 1. The zero-order valence-corrected chi connectivity index (χ0v) is 18.1. The van der Waals surface area contributed by atoms with E-state index in [-0.39, 0.29) is 35.8 Å². The fraction of sp³-hybridized carbons (Fsp3) is 0.619. The standard InChI is InChI=1S/C21H34N4O2.ClH/c1-4-21(22,5-2)16-23-19(26)18-11-13-25(14-12-18)20(27)24(3)15-17-9-7-6-8-10-17;/h6-10,18H,4-5,11-16,22H2,1-3H3,(H,23,26);1H. The number of hydrogen-bond donors (Lipinski definition) is 2. The molecule has 3 N–H and O–H groups in total. The van der Waals surface area contributed by atoms with Crippen molar-refractivity contribution < 1.29 is 9.59 Å². The summed E-state index contributed by atoms with van der Waals surface area (Å²) in [5, 5.41) is 3.02. The molecule has 0 aliphatic carbocycles. The normalized spacial score (nSPS) is 14.9. The van der Waals surface area contributed by atoms with Crippen LogP contribution in [0.3, 0.4) is 0 Å². The van der Waals surface area contributed by atoms with Gasteiger partial charge in [0, 0.05) is 44.7 Å². The van der Waals surface area contributed by atoms with Crippen LogP contribution >= 0.6 is 12.4 Å². The highest BCUT2D eigenvalue weighted by atomic mass is 35.5. The van der Waals surface area contributed by atoms with Crippen LogP contribution in [-0.2, 0) is 11.3 Å². The van der Waals surface area contributed by atoms with Crippen molar-refractivity contribution >= 4 is 24.3 Å². The fourth-order valence-electron chi connectivity index (χ4n) is 3.41. The number of urea groups is 1. The van der Waals surface area contributed by atoms with Crippen LogP contribution in [0.15, 0.2) is 30.3 Å². The number of carbonyl (C=O) groups excluding carboxylic acids is 2. The van der Waals surface area contributed by atoms with Crippen LogP contribution in [0.25, 0.3) is 0 Å². The van der Waals surface area contributed by atoms with Crippen LogP contribution < -0.4 is 11.1 Å². The molecule has 0 radical (unpaired) electrons. The van der Waals surface area contributed by atoms with Crippen LogP contribution in [0.5, 0.6) is 0 Å². The minimum absolute atomic E-state index is 0. The summed E-state index contributed by atoms with van der Waals surface area (Å²) >= 11 is 0. The number of rotatable bonds is 7. The zero-order valence-electron chi connectivity index (χ0n) is 17.3. The van der Waals surface area contributed by atoms with E-state index in [1.54, 1.807) is 4.90 Å². The average molecular weight is 411 g/mol. The molecule has 1 fully saturated rings. The van der Waals surface area contributed by atoms with Crippen molar-refractivity contribution in [3.8, 4) is 0 Å². The van der Waals surface area contributed by atoms with Gasteiger partial charge in [0.05, 0.1) is 0 Å². The third-order valence-electron chi connectivity index (χ3n) is 5.75. The monoisotopic (exact) mass is 410 g/mol. The molecular formula is C21H35ClN4O2. The van der Waals surface area contributed by atoms with Crippen molar-refractivity contribution in [2.75, 3.05) is 26.7 Å². The number of carbonyl (C=O) groups is 2. The summed E-state index contributed by atoms with van der Waals surface area (Å²) in [7, 11) is 1.82. The molecule has 1 saturated heterocycles. The maximum atomic E-state index is 12.6. The van der Waals surface area contributed by atoms with Gasteiger partial charge >= 0.3 is 6.03 Å². The lowest BCUT2D eigenvalue weighted by molar-refractivity contribution is -0.126. The number of nitrogens with zero attached hydrogens (tertiary/aromatic N) is 2. The molecule has 0 saturated carbocycles.